The maximum Gasteiger partial charge on any atom is 0.0682 e. The van der Waals surface area contributed by atoms with Gasteiger partial charge in [0.2, 0.25) is 0 Å². The number of ether oxygens (including phenoxy) is 1. The Morgan fingerprint density at radius 2 is 2.30 bits per heavy atom. The van der Waals surface area contributed by atoms with Crippen LogP contribution in [-0.2, 0) is 4.74 Å². The Hall–Kier alpha value is -0.210. The van der Waals surface area contributed by atoms with Crippen molar-refractivity contribution in [3.8, 4) is 0 Å². The van der Waals surface area contributed by atoms with E-state index in [-0.39, 0.29) is 0 Å². The molecule has 0 spiro atoms. The van der Waals surface area contributed by atoms with Gasteiger partial charge in [-0.1, -0.05) is 12.7 Å². The van der Waals surface area contributed by atoms with Crippen LogP contribution in [0.2, 0.25) is 0 Å². The highest BCUT2D eigenvalue weighted by Gasteiger charge is 1.89. The second-order valence-electron chi connectivity index (χ2n) is 2.04. The largest absolute Gasteiger partial charge is 0.377 e. The van der Waals surface area contributed by atoms with E-state index in [9.17, 15) is 0 Å². The summed E-state index contributed by atoms with van der Waals surface area (Å²) in [6, 6.07) is 0. The van der Waals surface area contributed by atoms with Crippen molar-refractivity contribution in [3.63, 3.8) is 0 Å². The molecular formula is C8H14OS. The van der Waals surface area contributed by atoms with Crippen LogP contribution in [0.4, 0.5) is 0 Å². The molecule has 0 radical (unpaired) electrons. The fourth-order valence-electron chi connectivity index (χ4n) is 0.429. The van der Waals surface area contributed by atoms with Gasteiger partial charge >= 0.3 is 0 Å². The number of hydrogen-bond donors (Lipinski definition) is 1. The quantitative estimate of drug-likeness (QED) is 0.354. The molecular weight excluding hydrogens is 144 g/mol. The van der Waals surface area contributed by atoms with Crippen molar-refractivity contribution in [2.45, 2.75) is 6.42 Å². The van der Waals surface area contributed by atoms with Gasteiger partial charge in [0.1, 0.15) is 0 Å². The number of thiol groups is 1. The van der Waals surface area contributed by atoms with Gasteiger partial charge in [0.25, 0.3) is 0 Å². The van der Waals surface area contributed by atoms with E-state index in [1.54, 1.807) is 0 Å². The van der Waals surface area contributed by atoms with Gasteiger partial charge in [-0.3, -0.25) is 0 Å². The lowest BCUT2D eigenvalue weighted by Gasteiger charge is -2.01. The summed E-state index contributed by atoms with van der Waals surface area (Å²) in [5.41, 5.74) is 1.02. The highest BCUT2D eigenvalue weighted by molar-refractivity contribution is 7.80. The van der Waals surface area contributed by atoms with Gasteiger partial charge in [-0.2, -0.15) is 12.6 Å². The third kappa shape index (κ3) is 5.92. The van der Waals surface area contributed by atoms with Gasteiger partial charge in [-0.25, -0.2) is 0 Å². The topological polar surface area (TPSA) is 9.23 Å². The molecule has 0 saturated carbocycles. The molecule has 0 aliphatic carbocycles. The van der Waals surface area contributed by atoms with Crippen molar-refractivity contribution in [2.75, 3.05) is 19.0 Å². The Kier molecular flexibility index (Phi) is 6.76. The molecule has 0 aliphatic heterocycles. The predicted octanol–water partition coefficient (Wildman–Crippen LogP) is 2.07. The van der Waals surface area contributed by atoms with E-state index in [4.69, 9.17) is 4.74 Å². The highest BCUT2D eigenvalue weighted by Crippen LogP contribution is 1.94. The molecule has 2 heteroatoms. The second kappa shape index (κ2) is 6.90. The van der Waals surface area contributed by atoms with Crippen LogP contribution in [-0.4, -0.2) is 19.0 Å². The normalized spacial score (nSPS) is 9.30. The van der Waals surface area contributed by atoms with E-state index in [1.807, 2.05) is 6.08 Å². The smallest absolute Gasteiger partial charge is 0.0682 e. The van der Waals surface area contributed by atoms with Crippen LogP contribution in [0.3, 0.4) is 0 Å². The first kappa shape index (κ1) is 9.79. The highest BCUT2D eigenvalue weighted by atomic mass is 32.1. The van der Waals surface area contributed by atoms with Gasteiger partial charge in [0.15, 0.2) is 0 Å². The Morgan fingerprint density at radius 3 is 2.80 bits per heavy atom. The lowest BCUT2D eigenvalue weighted by Crippen LogP contribution is -1.99. The van der Waals surface area contributed by atoms with Crippen LogP contribution in [0.1, 0.15) is 6.42 Å². The molecule has 1 nitrogen and oxygen atoms in total. The van der Waals surface area contributed by atoms with Crippen LogP contribution >= 0.6 is 12.6 Å². The zero-order valence-corrected chi connectivity index (χ0v) is 7.07. The molecule has 0 atom stereocenters. The number of rotatable bonds is 6. The van der Waals surface area contributed by atoms with E-state index in [0.717, 1.165) is 18.6 Å². The summed E-state index contributed by atoms with van der Waals surface area (Å²) in [6.45, 7) is 8.68. The van der Waals surface area contributed by atoms with Gasteiger partial charge < -0.3 is 4.74 Å². The van der Waals surface area contributed by atoms with Gasteiger partial charge in [-0.15, -0.1) is 6.58 Å². The minimum absolute atomic E-state index is 0.622. The zero-order valence-electron chi connectivity index (χ0n) is 6.18. The first-order chi connectivity index (χ1) is 4.81. The third-order valence-corrected chi connectivity index (χ3v) is 1.44. The summed E-state index contributed by atoms with van der Waals surface area (Å²) < 4.78 is 5.21. The molecule has 0 rings (SSSR count). The molecule has 0 amide bonds. The number of hydrogen-bond acceptors (Lipinski definition) is 2. The van der Waals surface area contributed by atoms with E-state index in [2.05, 4.69) is 25.8 Å². The van der Waals surface area contributed by atoms with Gasteiger partial charge in [-0.05, 0) is 12.0 Å². The van der Waals surface area contributed by atoms with Crippen molar-refractivity contribution < 1.29 is 4.74 Å². The summed E-state index contributed by atoms with van der Waals surface area (Å²) in [4.78, 5) is 0. The maximum atomic E-state index is 5.21. The average Bonchev–Trinajstić information content (AvgIpc) is 1.98. The summed E-state index contributed by atoms with van der Waals surface area (Å²) in [5.74, 6) is 0.702. The summed E-state index contributed by atoms with van der Waals surface area (Å²) >= 11 is 4.04. The van der Waals surface area contributed by atoms with Crippen molar-refractivity contribution in [3.05, 3.63) is 24.8 Å². The summed E-state index contributed by atoms with van der Waals surface area (Å²) in [7, 11) is 0. The molecule has 0 bridgehead atoms. The molecule has 0 unspecified atom stereocenters. The summed E-state index contributed by atoms with van der Waals surface area (Å²) in [6.07, 6.45) is 2.74. The molecule has 0 fully saturated rings. The van der Waals surface area contributed by atoms with Crippen LogP contribution < -0.4 is 0 Å². The Morgan fingerprint density at radius 1 is 1.60 bits per heavy atom. The van der Waals surface area contributed by atoms with Crippen LogP contribution in [0.25, 0.3) is 0 Å². The fourth-order valence-corrected chi connectivity index (χ4v) is 0.520. The van der Waals surface area contributed by atoms with Crippen LogP contribution in [0.15, 0.2) is 24.8 Å². The monoisotopic (exact) mass is 158 g/mol. The standard InChI is InChI=1S/C8H14OS/c1-3-4-5-9-6-8(2)7-10/h3,10H,1-2,4-7H2. The van der Waals surface area contributed by atoms with Crippen molar-refractivity contribution >= 4 is 12.6 Å². The Bertz CT molecular complexity index is 110. The minimum atomic E-state index is 0.622. The molecule has 58 valence electrons. The molecule has 0 aromatic rings. The average molecular weight is 158 g/mol. The van der Waals surface area contributed by atoms with Crippen molar-refractivity contribution in [1.29, 1.82) is 0 Å². The predicted molar refractivity (Wildman–Crippen MR) is 48.6 cm³/mol. The SMILES string of the molecule is C=CCCOCC(=C)CS. The van der Waals surface area contributed by atoms with E-state index in [1.165, 1.54) is 0 Å². The molecule has 0 N–H and O–H groups in total. The minimum Gasteiger partial charge on any atom is -0.377 e. The lowest BCUT2D eigenvalue weighted by atomic mass is 10.4. The first-order valence-electron chi connectivity index (χ1n) is 3.27. The first-order valence-corrected chi connectivity index (χ1v) is 3.90. The maximum absolute atomic E-state index is 5.21. The van der Waals surface area contributed by atoms with E-state index in [0.29, 0.717) is 12.4 Å². The Labute approximate surface area is 68.2 Å². The van der Waals surface area contributed by atoms with Crippen molar-refractivity contribution in [1.82, 2.24) is 0 Å². The van der Waals surface area contributed by atoms with Gasteiger partial charge in [0, 0.05) is 5.75 Å². The molecule has 0 aromatic heterocycles. The fraction of sp³-hybridized carbons (Fsp3) is 0.500. The lowest BCUT2D eigenvalue weighted by molar-refractivity contribution is 0.162. The molecule has 0 aromatic carbocycles. The van der Waals surface area contributed by atoms with Crippen LogP contribution in [0, 0.1) is 0 Å². The van der Waals surface area contributed by atoms with Crippen molar-refractivity contribution in [2.24, 2.45) is 0 Å². The van der Waals surface area contributed by atoms with E-state index < -0.39 is 0 Å². The molecule has 0 saturated heterocycles. The third-order valence-electron chi connectivity index (χ3n) is 0.996. The molecule has 10 heavy (non-hydrogen) atoms. The second-order valence-corrected chi connectivity index (χ2v) is 2.35. The summed E-state index contributed by atoms with van der Waals surface area (Å²) in [5, 5.41) is 0. The van der Waals surface area contributed by atoms with Gasteiger partial charge in [0.05, 0.1) is 13.2 Å². The molecule has 0 heterocycles. The van der Waals surface area contributed by atoms with E-state index >= 15 is 0 Å². The Balaban J connectivity index is 3.03. The zero-order chi connectivity index (χ0) is 7.82. The molecule has 0 aliphatic rings. The van der Waals surface area contributed by atoms with Crippen LogP contribution in [0.5, 0.6) is 0 Å².